The summed E-state index contributed by atoms with van der Waals surface area (Å²) in [5.41, 5.74) is 3.33. The van der Waals surface area contributed by atoms with Crippen LogP contribution in [0.3, 0.4) is 0 Å². The molecule has 1 saturated heterocycles. The lowest BCUT2D eigenvalue weighted by atomic mass is 9.84. The molecule has 2 aromatic heterocycles. The van der Waals surface area contributed by atoms with Crippen LogP contribution in [-0.4, -0.2) is 60.9 Å². The second-order valence-electron chi connectivity index (χ2n) is 12.7. The highest BCUT2D eigenvalue weighted by Gasteiger charge is 2.49. The van der Waals surface area contributed by atoms with E-state index in [0.29, 0.717) is 29.9 Å². The second-order valence-corrected chi connectivity index (χ2v) is 12.7. The first-order valence-electron chi connectivity index (χ1n) is 13.5. The van der Waals surface area contributed by atoms with E-state index in [1.54, 1.807) is 22.0 Å². The molecule has 39 heavy (non-hydrogen) atoms. The first kappa shape index (κ1) is 28.4. The molecule has 0 aliphatic carbocycles. The number of ketones is 1. The van der Waals surface area contributed by atoms with E-state index in [9.17, 15) is 14.4 Å². The summed E-state index contributed by atoms with van der Waals surface area (Å²) in [5, 5.41) is 8.32. The molecule has 9 nitrogen and oxygen atoms in total. The number of carbonyl (C=O) groups excluding carboxylic acids is 3. The van der Waals surface area contributed by atoms with Crippen molar-refractivity contribution in [2.24, 2.45) is 10.8 Å². The number of likely N-dealkylation sites (tertiary alicyclic amines) is 1. The normalized spacial score (nSPS) is 18.9. The molecule has 0 saturated carbocycles. The van der Waals surface area contributed by atoms with Crippen LogP contribution in [0.4, 0.5) is 0 Å². The van der Waals surface area contributed by atoms with Crippen molar-refractivity contribution in [2.45, 2.75) is 87.4 Å². The van der Waals surface area contributed by atoms with Gasteiger partial charge in [0.25, 0.3) is 0 Å². The van der Waals surface area contributed by atoms with Crippen molar-refractivity contribution < 1.29 is 14.4 Å². The molecule has 0 spiro atoms. The Hall–Kier alpha value is -3.62. The molecule has 1 fully saturated rings. The highest BCUT2D eigenvalue weighted by atomic mass is 16.2. The van der Waals surface area contributed by atoms with Crippen LogP contribution in [-0.2, 0) is 16.1 Å². The maximum atomic E-state index is 13.9. The van der Waals surface area contributed by atoms with Gasteiger partial charge in [0.2, 0.25) is 11.8 Å². The predicted molar refractivity (Wildman–Crippen MR) is 151 cm³/mol. The van der Waals surface area contributed by atoms with E-state index in [-0.39, 0.29) is 41.0 Å². The van der Waals surface area contributed by atoms with E-state index < -0.39 is 6.04 Å². The van der Waals surface area contributed by atoms with Crippen LogP contribution in [0.25, 0.3) is 22.0 Å². The molecule has 4 rings (SSSR count). The Kier molecular flexibility index (Phi) is 7.40. The van der Waals surface area contributed by atoms with Crippen LogP contribution >= 0.6 is 0 Å². The molecular weight excluding hydrogens is 492 g/mol. The monoisotopic (exact) mass is 532 g/mol. The molecule has 0 radical (unpaired) electrons. The number of nitrogens with zero attached hydrogens (tertiary/aromatic N) is 5. The standard InChI is InChI=1S/C30H40N6O3/c1-17-10-21(22-13-31-20(4)32-14-22)11-23-26(18(2)37)34-35(27(17)23)15-25(38)36-19(3)30(8,9)12-24(36)28(39)33-16-29(5,6)7/h10-11,13-14,19,24H,12,15-16H2,1-9H3,(H,33,39)/t19-,24+/m1/s1. The van der Waals surface area contributed by atoms with E-state index in [4.69, 9.17) is 0 Å². The maximum absolute atomic E-state index is 13.9. The summed E-state index contributed by atoms with van der Waals surface area (Å²) >= 11 is 0. The number of aryl methyl sites for hydroxylation is 2. The minimum atomic E-state index is -0.562. The Balaban J connectivity index is 1.70. The number of rotatable bonds is 6. The second kappa shape index (κ2) is 10.2. The quantitative estimate of drug-likeness (QED) is 0.469. The number of amides is 2. The molecular formula is C30H40N6O3. The van der Waals surface area contributed by atoms with E-state index in [1.165, 1.54) is 6.92 Å². The van der Waals surface area contributed by atoms with E-state index in [1.807, 2.05) is 32.9 Å². The molecule has 1 N–H and O–H groups in total. The fourth-order valence-corrected chi connectivity index (χ4v) is 5.31. The first-order chi connectivity index (χ1) is 18.1. The van der Waals surface area contributed by atoms with Gasteiger partial charge in [0.15, 0.2) is 5.78 Å². The number of fused-ring (bicyclic) bond motifs is 1. The summed E-state index contributed by atoms with van der Waals surface area (Å²) in [5.74, 6) is 0.167. The fraction of sp³-hybridized carbons (Fsp3) is 0.533. The number of aromatic nitrogens is 4. The molecule has 3 aromatic rings. The van der Waals surface area contributed by atoms with Crippen LogP contribution in [0.15, 0.2) is 24.5 Å². The molecule has 1 aliphatic rings. The third-order valence-electron chi connectivity index (χ3n) is 7.75. The van der Waals surface area contributed by atoms with Crippen LogP contribution in [0.2, 0.25) is 0 Å². The molecule has 2 amide bonds. The van der Waals surface area contributed by atoms with E-state index in [0.717, 1.165) is 22.2 Å². The largest absolute Gasteiger partial charge is 0.354 e. The van der Waals surface area contributed by atoms with Crippen LogP contribution in [0.5, 0.6) is 0 Å². The van der Waals surface area contributed by atoms with E-state index >= 15 is 0 Å². The topological polar surface area (TPSA) is 110 Å². The summed E-state index contributed by atoms with van der Waals surface area (Å²) in [6.07, 6.45) is 4.09. The SMILES string of the molecule is CC(=O)c1nn(CC(=O)N2[C@H](C(=O)NCC(C)(C)C)CC(C)(C)[C@H]2C)c2c(C)cc(-c3cnc(C)nc3)cc12. The Morgan fingerprint density at radius 2 is 1.72 bits per heavy atom. The van der Waals surface area contributed by atoms with Crippen LogP contribution in [0.1, 0.15) is 76.8 Å². The molecule has 0 bridgehead atoms. The van der Waals surface area contributed by atoms with Crippen molar-refractivity contribution in [3.63, 3.8) is 0 Å². The zero-order chi connectivity index (χ0) is 28.9. The van der Waals surface area contributed by atoms with Gasteiger partial charge in [-0.25, -0.2) is 9.97 Å². The average Bonchev–Trinajstić information content (AvgIpc) is 3.32. The van der Waals surface area contributed by atoms with Crippen molar-refractivity contribution in [2.75, 3.05) is 6.54 Å². The lowest BCUT2D eigenvalue weighted by Gasteiger charge is -2.31. The number of hydrogen-bond donors (Lipinski definition) is 1. The average molecular weight is 533 g/mol. The third kappa shape index (κ3) is 5.72. The van der Waals surface area contributed by atoms with Crippen LogP contribution < -0.4 is 5.32 Å². The smallest absolute Gasteiger partial charge is 0.245 e. The van der Waals surface area contributed by atoms with Crippen molar-refractivity contribution in [1.29, 1.82) is 0 Å². The zero-order valence-electron chi connectivity index (χ0n) is 24.5. The minimum absolute atomic E-state index is 0.0671. The van der Waals surface area contributed by atoms with Crippen molar-refractivity contribution in [1.82, 2.24) is 30.0 Å². The van der Waals surface area contributed by atoms with Gasteiger partial charge in [-0.05, 0) is 61.3 Å². The number of Topliss-reactive ketones (excluding diaryl/α,β-unsaturated/α-hetero) is 1. The Labute approximate surface area is 230 Å². The molecule has 1 aromatic carbocycles. The van der Waals surface area contributed by atoms with Gasteiger partial charge < -0.3 is 10.2 Å². The molecule has 9 heteroatoms. The van der Waals surface area contributed by atoms with Gasteiger partial charge in [-0.1, -0.05) is 34.6 Å². The van der Waals surface area contributed by atoms with Crippen molar-refractivity contribution in [3.8, 4) is 11.1 Å². The van der Waals surface area contributed by atoms with Crippen LogP contribution in [0, 0.1) is 24.7 Å². The van der Waals surface area contributed by atoms with Gasteiger partial charge >= 0.3 is 0 Å². The number of nitrogens with one attached hydrogen (secondary N) is 1. The van der Waals surface area contributed by atoms with Gasteiger partial charge in [0, 0.05) is 42.9 Å². The summed E-state index contributed by atoms with van der Waals surface area (Å²) in [6.45, 7) is 18.1. The summed E-state index contributed by atoms with van der Waals surface area (Å²) < 4.78 is 1.61. The maximum Gasteiger partial charge on any atom is 0.245 e. The number of carbonyl (C=O) groups is 3. The highest BCUT2D eigenvalue weighted by Crippen LogP contribution is 2.40. The Morgan fingerprint density at radius 3 is 2.31 bits per heavy atom. The molecule has 0 unspecified atom stereocenters. The van der Waals surface area contributed by atoms with Gasteiger partial charge in [-0.3, -0.25) is 19.1 Å². The molecule has 2 atom stereocenters. The van der Waals surface area contributed by atoms with Crippen molar-refractivity contribution in [3.05, 3.63) is 41.6 Å². The van der Waals surface area contributed by atoms with Gasteiger partial charge in [0.05, 0.1) is 5.52 Å². The Morgan fingerprint density at radius 1 is 1.08 bits per heavy atom. The first-order valence-corrected chi connectivity index (χ1v) is 13.5. The van der Waals surface area contributed by atoms with Gasteiger partial charge in [-0.15, -0.1) is 0 Å². The molecule has 1 aliphatic heterocycles. The summed E-state index contributed by atoms with van der Waals surface area (Å²) in [7, 11) is 0. The van der Waals surface area contributed by atoms with Gasteiger partial charge in [-0.2, -0.15) is 5.10 Å². The number of benzene rings is 1. The lowest BCUT2D eigenvalue weighted by molar-refractivity contribution is -0.141. The predicted octanol–water partition coefficient (Wildman–Crippen LogP) is 4.49. The summed E-state index contributed by atoms with van der Waals surface area (Å²) in [4.78, 5) is 50.0. The van der Waals surface area contributed by atoms with Gasteiger partial charge in [0.1, 0.15) is 24.1 Å². The number of hydrogen-bond acceptors (Lipinski definition) is 6. The fourth-order valence-electron chi connectivity index (χ4n) is 5.31. The van der Waals surface area contributed by atoms with E-state index in [2.05, 4.69) is 55.0 Å². The molecule has 208 valence electrons. The zero-order valence-corrected chi connectivity index (χ0v) is 24.5. The minimum Gasteiger partial charge on any atom is -0.354 e. The lowest BCUT2D eigenvalue weighted by Crippen LogP contribution is -2.50. The Bertz CT molecular complexity index is 1430. The highest BCUT2D eigenvalue weighted by molar-refractivity contribution is 6.07. The van der Waals surface area contributed by atoms with Crippen molar-refractivity contribution >= 4 is 28.5 Å². The third-order valence-corrected chi connectivity index (χ3v) is 7.75. The molecule has 3 heterocycles. The summed E-state index contributed by atoms with van der Waals surface area (Å²) in [6, 6.07) is 3.20.